The molecule has 3 rings (SSSR count). The topological polar surface area (TPSA) is 66.9 Å². The number of aryl methyl sites for hydroxylation is 1. The minimum atomic E-state index is -0.856. The van der Waals surface area contributed by atoms with Crippen LogP contribution in [-0.4, -0.2) is 15.9 Å². The number of rotatable bonds is 5. The molecule has 27 heavy (non-hydrogen) atoms. The van der Waals surface area contributed by atoms with Gasteiger partial charge in [-0.15, -0.1) is 0 Å². The van der Waals surface area contributed by atoms with Gasteiger partial charge >= 0.3 is 0 Å². The van der Waals surface area contributed by atoms with E-state index < -0.39 is 23.2 Å². The summed E-state index contributed by atoms with van der Waals surface area (Å²) in [6, 6.07) is 14.4. The summed E-state index contributed by atoms with van der Waals surface area (Å²) in [5.74, 6) is -2.18. The Bertz CT molecular complexity index is 943. The van der Waals surface area contributed by atoms with Crippen LogP contribution in [0.25, 0.3) is 0 Å². The summed E-state index contributed by atoms with van der Waals surface area (Å²) in [7, 11) is 0. The first kappa shape index (κ1) is 18.4. The number of benzene rings is 2. The minimum Gasteiger partial charge on any atom is -0.348 e. The predicted octanol–water partition coefficient (Wildman–Crippen LogP) is 4.49. The van der Waals surface area contributed by atoms with Crippen molar-refractivity contribution in [2.75, 3.05) is 10.6 Å². The molecule has 0 saturated heterocycles. The third-order valence-corrected chi connectivity index (χ3v) is 3.93. The third-order valence-electron chi connectivity index (χ3n) is 3.93. The molecule has 0 fully saturated rings. The van der Waals surface area contributed by atoms with Gasteiger partial charge in [0.25, 0.3) is 5.91 Å². The average Bonchev–Trinajstić information content (AvgIpc) is 2.65. The average molecular weight is 368 g/mol. The Labute approximate surface area is 155 Å². The Morgan fingerprint density at radius 3 is 2.33 bits per heavy atom. The summed E-state index contributed by atoms with van der Waals surface area (Å²) in [5.41, 5.74) is 1.08. The molecule has 5 nitrogen and oxygen atoms in total. The number of carbonyl (C=O) groups excluding carboxylic acids is 1. The Morgan fingerprint density at radius 1 is 1.00 bits per heavy atom. The second kappa shape index (κ2) is 7.90. The molecule has 2 N–H and O–H groups in total. The highest BCUT2D eigenvalue weighted by atomic mass is 19.1. The van der Waals surface area contributed by atoms with Gasteiger partial charge in [0.2, 0.25) is 5.95 Å². The fourth-order valence-corrected chi connectivity index (χ4v) is 2.56. The van der Waals surface area contributed by atoms with Crippen LogP contribution in [0.4, 0.5) is 20.4 Å². The van der Waals surface area contributed by atoms with Gasteiger partial charge in [0.1, 0.15) is 23.0 Å². The van der Waals surface area contributed by atoms with Gasteiger partial charge in [0.15, 0.2) is 0 Å². The van der Waals surface area contributed by atoms with E-state index in [1.54, 1.807) is 6.92 Å². The van der Waals surface area contributed by atoms with E-state index in [2.05, 4.69) is 20.6 Å². The Morgan fingerprint density at radius 2 is 1.67 bits per heavy atom. The van der Waals surface area contributed by atoms with Crippen LogP contribution in [0, 0.1) is 18.6 Å². The molecule has 138 valence electrons. The van der Waals surface area contributed by atoms with Crippen LogP contribution in [-0.2, 0) is 0 Å². The number of hydrogen-bond acceptors (Lipinski definition) is 4. The summed E-state index contributed by atoms with van der Waals surface area (Å²) >= 11 is 0. The second-order valence-corrected chi connectivity index (χ2v) is 6.05. The molecule has 3 aromatic rings. The van der Waals surface area contributed by atoms with E-state index in [0.717, 1.165) is 17.7 Å². The molecule has 0 aliphatic carbocycles. The van der Waals surface area contributed by atoms with Crippen LogP contribution in [0.3, 0.4) is 0 Å². The standard InChI is InChI=1S/C20H18F2N4O/c1-12-11-17(19(27)26-18-15(21)9-6-10-16(18)22)25-20(23-12)24-13(2)14-7-4-3-5-8-14/h3-11,13H,1-2H3,(H,26,27)(H,23,24,25). The van der Waals surface area contributed by atoms with Crippen molar-refractivity contribution in [2.24, 2.45) is 0 Å². The van der Waals surface area contributed by atoms with E-state index in [9.17, 15) is 13.6 Å². The van der Waals surface area contributed by atoms with Gasteiger partial charge in [0.05, 0.1) is 6.04 Å². The molecule has 0 aliphatic rings. The van der Waals surface area contributed by atoms with Crippen molar-refractivity contribution in [1.29, 1.82) is 0 Å². The number of hydrogen-bond donors (Lipinski definition) is 2. The van der Waals surface area contributed by atoms with Crippen molar-refractivity contribution in [3.05, 3.63) is 83.2 Å². The lowest BCUT2D eigenvalue weighted by Gasteiger charge is -2.15. The molecule has 1 aromatic heterocycles. The number of anilines is 2. The summed E-state index contributed by atoms with van der Waals surface area (Å²) in [5, 5.41) is 5.36. The first-order chi connectivity index (χ1) is 12.9. The molecule has 0 radical (unpaired) electrons. The summed E-state index contributed by atoms with van der Waals surface area (Å²) in [4.78, 5) is 20.9. The quantitative estimate of drug-likeness (QED) is 0.696. The third kappa shape index (κ3) is 4.44. The van der Waals surface area contributed by atoms with Gasteiger partial charge in [-0.1, -0.05) is 36.4 Å². The molecule has 1 atom stereocenters. The maximum absolute atomic E-state index is 13.7. The molecule has 0 saturated carbocycles. The highest BCUT2D eigenvalue weighted by Gasteiger charge is 2.16. The first-order valence-electron chi connectivity index (χ1n) is 8.36. The molecule has 1 unspecified atom stereocenters. The predicted molar refractivity (Wildman–Crippen MR) is 99.6 cm³/mol. The zero-order valence-corrected chi connectivity index (χ0v) is 14.8. The van der Waals surface area contributed by atoms with Gasteiger partial charge in [-0.2, -0.15) is 0 Å². The van der Waals surface area contributed by atoms with E-state index in [1.807, 2.05) is 37.3 Å². The molecule has 0 bridgehead atoms. The fourth-order valence-electron chi connectivity index (χ4n) is 2.56. The van der Waals surface area contributed by atoms with Crippen molar-refractivity contribution < 1.29 is 13.6 Å². The van der Waals surface area contributed by atoms with Gasteiger partial charge < -0.3 is 10.6 Å². The van der Waals surface area contributed by atoms with E-state index in [4.69, 9.17) is 0 Å². The molecular weight excluding hydrogens is 350 g/mol. The summed E-state index contributed by atoms with van der Waals surface area (Å²) in [6.07, 6.45) is 0. The summed E-state index contributed by atoms with van der Waals surface area (Å²) < 4.78 is 27.5. The number of nitrogens with zero attached hydrogens (tertiary/aromatic N) is 2. The molecule has 7 heteroatoms. The number of nitrogens with one attached hydrogen (secondary N) is 2. The maximum Gasteiger partial charge on any atom is 0.274 e. The van der Waals surface area contributed by atoms with E-state index >= 15 is 0 Å². The largest absolute Gasteiger partial charge is 0.348 e. The highest BCUT2D eigenvalue weighted by molar-refractivity contribution is 6.03. The SMILES string of the molecule is Cc1cc(C(=O)Nc2c(F)cccc2F)nc(NC(C)c2ccccc2)n1. The van der Waals surface area contributed by atoms with E-state index in [0.29, 0.717) is 5.69 Å². The first-order valence-corrected chi connectivity index (χ1v) is 8.36. The van der Waals surface area contributed by atoms with Crippen LogP contribution >= 0.6 is 0 Å². The number of halogens is 2. The number of aromatic nitrogens is 2. The summed E-state index contributed by atoms with van der Waals surface area (Å²) in [6.45, 7) is 3.65. The highest BCUT2D eigenvalue weighted by Crippen LogP contribution is 2.20. The van der Waals surface area contributed by atoms with Crippen molar-refractivity contribution in [3.63, 3.8) is 0 Å². The zero-order chi connectivity index (χ0) is 19.4. The smallest absolute Gasteiger partial charge is 0.274 e. The van der Waals surface area contributed by atoms with Crippen LogP contribution in [0.5, 0.6) is 0 Å². The lowest BCUT2D eigenvalue weighted by Crippen LogP contribution is -2.18. The van der Waals surface area contributed by atoms with Gasteiger partial charge in [-0.3, -0.25) is 4.79 Å². The van der Waals surface area contributed by atoms with Crippen molar-refractivity contribution in [1.82, 2.24) is 9.97 Å². The van der Waals surface area contributed by atoms with Crippen LogP contribution < -0.4 is 10.6 Å². The Hall–Kier alpha value is -3.35. The minimum absolute atomic E-state index is 0.00733. The van der Waals surface area contributed by atoms with Crippen molar-refractivity contribution in [2.45, 2.75) is 19.9 Å². The molecule has 1 heterocycles. The second-order valence-electron chi connectivity index (χ2n) is 6.05. The molecular formula is C20H18F2N4O. The van der Waals surface area contributed by atoms with Crippen LogP contribution in [0.15, 0.2) is 54.6 Å². The van der Waals surface area contributed by atoms with Crippen molar-refractivity contribution >= 4 is 17.5 Å². The van der Waals surface area contributed by atoms with Crippen LogP contribution in [0.1, 0.15) is 34.7 Å². The molecule has 0 spiro atoms. The Kier molecular flexibility index (Phi) is 5.40. The van der Waals surface area contributed by atoms with Gasteiger partial charge in [0, 0.05) is 5.69 Å². The number of para-hydroxylation sites is 1. The Balaban J connectivity index is 1.81. The van der Waals surface area contributed by atoms with E-state index in [-0.39, 0.29) is 17.7 Å². The van der Waals surface area contributed by atoms with Crippen LogP contribution in [0.2, 0.25) is 0 Å². The van der Waals surface area contributed by atoms with Gasteiger partial charge in [-0.25, -0.2) is 18.7 Å². The lowest BCUT2D eigenvalue weighted by atomic mass is 10.1. The molecule has 1 amide bonds. The number of carbonyl (C=O) groups is 1. The van der Waals surface area contributed by atoms with E-state index in [1.165, 1.54) is 12.1 Å². The maximum atomic E-state index is 13.7. The lowest BCUT2D eigenvalue weighted by molar-refractivity contribution is 0.102. The van der Waals surface area contributed by atoms with Crippen molar-refractivity contribution in [3.8, 4) is 0 Å². The molecule has 2 aromatic carbocycles. The van der Waals surface area contributed by atoms with Gasteiger partial charge in [-0.05, 0) is 37.6 Å². The fraction of sp³-hybridized carbons (Fsp3) is 0.150. The normalized spacial score (nSPS) is 11.7. The monoisotopic (exact) mass is 368 g/mol. The molecule has 0 aliphatic heterocycles. The number of amides is 1. The zero-order valence-electron chi connectivity index (χ0n) is 14.8.